The number of alkyl halides is 3. The quantitative estimate of drug-likeness (QED) is 0.808. The minimum atomic E-state index is -4.85. The summed E-state index contributed by atoms with van der Waals surface area (Å²) in [7, 11) is 1.45. The number of nitrogens with two attached hydrogens (primary N) is 1. The van der Waals surface area contributed by atoms with Gasteiger partial charge in [-0.15, -0.1) is 0 Å². The molecule has 18 heavy (non-hydrogen) atoms. The number of nitrogen functional groups attached to an aromatic ring is 1. The van der Waals surface area contributed by atoms with E-state index in [1.54, 1.807) is 23.5 Å². The van der Waals surface area contributed by atoms with E-state index in [9.17, 15) is 18.0 Å². The minimum absolute atomic E-state index is 0.106. The Labute approximate surface area is 102 Å². The molecule has 100 valence electrons. The van der Waals surface area contributed by atoms with Crippen molar-refractivity contribution in [3.63, 3.8) is 0 Å². The molecule has 0 bridgehead atoms. The third kappa shape index (κ3) is 3.83. The number of ether oxygens (including phenoxy) is 1. The van der Waals surface area contributed by atoms with Gasteiger partial charge in [0.2, 0.25) is 0 Å². The second kappa shape index (κ2) is 5.61. The molecule has 1 amide bonds. The van der Waals surface area contributed by atoms with Gasteiger partial charge in [-0.1, -0.05) is 6.07 Å². The van der Waals surface area contributed by atoms with Crippen LogP contribution in [-0.4, -0.2) is 25.7 Å². The first-order valence-electron chi connectivity index (χ1n) is 5.12. The van der Waals surface area contributed by atoms with Gasteiger partial charge in [-0.25, -0.2) is 0 Å². The highest BCUT2D eigenvalue weighted by Crippen LogP contribution is 2.22. The van der Waals surface area contributed by atoms with Crippen LogP contribution in [0, 0.1) is 0 Å². The monoisotopic (exact) mass is 262 g/mol. The van der Waals surface area contributed by atoms with Gasteiger partial charge in [-0.3, -0.25) is 4.79 Å². The third-order valence-electron chi connectivity index (χ3n) is 2.25. The maximum atomic E-state index is 11.9. The van der Waals surface area contributed by atoms with Crippen LogP contribution in [0.4, 0.5) is 18.9 Å². The number of nitrogens with one attached hydrogen (secondary N) is 1. The molecule has 1 rings (SSSR count). The van der Waals surface area contributed by atoms with Crippen molar-refractivity contribution in [2.75, 3.05) is 19.4 Å². The zero-order chi connectivity index (χ0) is 13.8. The van der Waals surface area contributed by atoms with E-state index in [1.807, 2.05) is 0 Å². The molecule has 0 atom stereocenters. The Kier molecular flexibility index (Phi) is 4.41. The Bertz CT molecular complexity index is 433. The predicted octanol–water partition coefficient (Wildman–Crippen LogP) is 1.50. The molecule has 0 radical (unpaired) electrons. The van der Waals surface area contributed by atoms with Crippen LogP contribution >= 0.6 is 0 Å². The summed E-state index contributed by atoms with van der Waals surface area (Å²) in [6, 6.07) is 4.88. The van der Waals surface area contributed by atoms with Gasteiger partial charge in [0.05, 0.1) is 12.8 Å². The number of methoxy groups -OCH3 is 1. The molecule has 0 spiro atoms. The second-order valence-corrected chi connectivity index (χ2v) is 3.58. The largest absolute Gasteiger partial charge is 0.495 e. The Morgan fingerprint density at radius 3 is 2.67 bits per heavy atom. The van der Waals surface area contributed by atoms with Crippen LogP contribution in [0.5, 0.6) is 5.75 Å². The Balaban J connectivity index is 2.52. The van der Waals surface area contributed by atoms with E-state index in [-0.39, 0.29) is 13.0 Å². The molecule has 4 nitrogen and oxygen atoms in total. The van der Waals surface area contributed by atoms with Gasteiger partial charge < -0.3 is 15.8 Å². The topological polar surface area (TPSA) is 64.3 Å². The van der Waals surface area contributed by atoms with E-state index >= 15 is 0 Å². The molecule has 0 aliphatic carbocycles. The van der Waals surface area contributed by atoms with Crippen molar-refractivity contribution in [1.82, 2.24) is 5.32 Å². The van der Waals surface area contributed by atoms with Crippen LogP contribution in [0.2, 0.25) is 0 Å². The van der Waals surface area contributed by atoms with Crippen molar-refractivity contribution < 1.29 is 22.7 Å². The Morgan fingerprint density at radius 2 is 2.11 bits per heavy atom. The highest BCUT2D eigenvalue weighted by Gasteiger charge is 2.38. The van der Waals surface area contributed by atoms with Crippen LogP contribution in [0.25, 0.3) is 0 Å². The Morgan fingerprint density at radius 1 is 1.44 bits per heavy atom. The third-order valence-corrected chi connectivity index (χ3v) is 2.25. The van der Waals surface area contributed by atoms with Crippen LogP contribution in [0.3, 0.4) is 0 Å². The molecule has 0 fully saturated rings. The van der Waals surface area contributed by atoms with Gasteiger partial charge in [0.15, 0.2) is 0 Å². The number of amides is 1. The first kappa shape index (κ1) is 14.1. The van der Waals surface area contributed by atoms with Gasteiger partial charge >= 0.3 is 12.1 Å². The fourth-order valence-electron chi connectivity index (χ4n) is 1.33. The van der Waals surface area contributed by atoms with Crippen molar-refractivity contribution >= 4 is 11.6 Å². The number of rotatable bonds is 4. The number of hydrogen-bond acceptors (Lipinski definition) is 3. The van der Waals surface area contributed by atoms with Gasteiger partial charge in [-0.2, -0.15) is 13.2 Å². The van der Waals surface area contributed by atoms with E-state index in [1.165, 1.54) is 7.11 Å². The number of carbonyl (C=O) groups is 1. The minimum Gasteiger partial charge on any atom is -0.495 e. The first-order chi connectivity index (χ1) is 8.34. The van der Waals surface area contributed by atoms with E-state index in [0.29, 0.717) is 11.4 Å². The fourth-order valence-corrected chi connectivity index (χ4v) is 1.33. The lowest BCUT2D eigenvalue weighted by Gasteiger charge is -2.09. The summed E-state index contributed by atoms with van der Waals surface area (Å²) in [6.07, 6.45) is -4.59. The standard InChI is InChI=1S/C11H13F3N2O2/c1-18-9-6-7(2-3-8(9)15)4-5-16-10(17)11(12,13)14/h2-3,6H,4-5,15H2,1H3,(H,16,17). The van der Waals surface area contributed by atoms with Crippen molar-refractivity contribution in [3.05, 3.63) is 23.8 Å². The van der Waals surface area contributed by atoms with Crippen LogP contribution < -0.4 is 15.8 Å². The summed E-state index contributed by atoms with van der Waals surface area (Å²) in [4.78, 5) is 10.6. The molecule has 0 unspecified atom stereocenters. The number of anilines is 1. The van der Waals surface area contributed by atoms with Crippen molar-refractivity contribution in [2.45, 2.75) is 12.6 Å². The maximum absolute atomic E-state index is 11.9. The molecule has 1 aromatic carbocycles. The molecule has 1 aromatic rings. The first-order valence-corrected chi connectivity index (χ1v) is 5.12. The van der Waals surface area contributed by atoms with Crippen LogP contribution in [0.1, 0.15) is 5.56 Å². The number of carbonyl (C=O) groups excluding carboxylic acids is 1. The number of hydrogen-bond donors (Lipinski definition) is 2. The fraction of sp³-hybridized carbons (Fsp3) is 0.364. The summed E-state index contributed by atoms with van der Waals surface area (Å²) in [5.74, 6) is -1.49. The van der Waals surface area contributed by atoms with E-state index in [2.05, 4.69) is 0 Å². The van der Waals surface area contributed by atoms with Gasteiger partial charge in [-0.05, 0) is 24.1 Å². The summed E-state index contributed by atoms with van der Waals surface area (Å²) >= 11 is 0. The Hall–Kier alpha value is -1.92. The lowest BCUT2D eigenvalue weighted by atomic mass is 10.1. The summed E-state index contributed by atoms with van der Waals surface area (Å²) in [6.45, 7) is -0.106. The van der Waals surface area contributed by atoms with Crippen LogP contribution in [0.15, 0.2) is 18.2 Å². The highest BCUT2D eigenvalue weighted by molar-refractivity contribution is 5.81. The van der Waals surface area contributed by atoms with Gasteiger partial charge in [0, 0.05) is 6.54 Å². The van der Waals surface area contributed by atoms with Gasteiger partial charge in [0.25, 0.3) is 0 Å². The molecule has 3 N–H and O–H groups in total. The molecule has 0 aromatic heterocycles. The molecule has 0 saturated carbocycles. The van der Waals surface area contributed by atoms with Crippen molar-refractivity contribution in [1.29, 1.82) is 0 Å². The molecular formula is C11H13F3N2O2. The lowest BCUT2D eigenvalue weighted by Crippen LogP contribution is -2.37. The average molecular weight is 262 g/mol. The van der Waals surface area contributed by atoms with Crippen LogP contribution in [-0.2, 0) is 11.2 Å². The SMILES string of the molecule is COc1cc(CCNC(=O)C(F)(F)F)ccc1N. The smallest absolute Gasteiger partial charge is 0.471 e. The lowest BCUT2D eigenvalue weighted by molar-refractivity contribution is -0.173. The molecule has 0 saturated heterocycles. The maximum Gasteiger partial charge on any atom is 0.471 e. The average Bonchev–Trinajstić information content (AvgIpc) is 2.30. The van der Waals surface area contributed by atoms with Gasteiger partial charge in [0.1, 0.15) is 5.75 Å². The van der Waals surface area contributed by atoms with E-state index in [0.717, 1.165) is 5.56 Å². The predicted molar refractivity (Wildman–Crippen MR) is 60.2 cm³/mol. The van der Waals surface area contributed by atoms with Crippen molar-refractivity contribution in [2.24, 2.45) is 0 Å². The van der Waals surface area contributed by atoms with Crippen molar-refractivity contribution in [3.8, 4) is 5.75 Å². The normalized spacial score (nSPS) is 11.1. The summed E-state index contributed by atoms with van der Waals surface area (Å²) in [5, 5.41) is 1.79. The zero-order valence-corrected chi connectivity index (χ0v) is 9.67. The van der Waals surface area contributed by atoms with E-state index < -0.39 is 12.1 Å². The summed E-state index contributed by atoms with van der Waals surface area (Å²) in [5.41, 5.74) is 6.76. The molecule has 0 aliphatic heterocycles. The van der Waals surface area contributed by atoms with E-state index in [4.69, 9.17) is 10.5 Å². The number of benzene rings is 1. The second-order valence-electron chi connectivity index (χ2n) is 3.58. The summed E-state index contributed by atoms with van der Waals surface area (Å²) < 4.78 is 40.7. The zero-order valence-electron chi connectivity index (χ0n) is 9.67. The highest BCUT2D eigenvalue weighted by atomic mass is 19.4. The number of halogens is 3. The molecule has 7 heteroatoms. The molecular weight excluding hydrogens is 249 g/mol. The molecule has 0 aliphatic rings. The molecule has 0 heterocycles.